The molecule has 1 atom stereocenters. The van der Waals surface area contributed by atoms with Gasteiger partial charge < -0.3 is 5.32 Å². The minimum atomic E-state index is 0.232. The van der Waals surface area contributed by atoms with Crippen LogP contribution in [-0.4, -0.2) is 6.54 Å². The van der Waals surface area contributed by atoms with Gasteiger partial charge in [0, 0.05) is 16.1 Å². The second kappa shape index (κ2) is 7.33. The highest BCUT2D eigenvalue weighted by Gasteiger charge is 2.10. The number of rotatable bonds is 5. The zero-order chi connectivity index (χ0) is 13.7. The summed E-state index contributed by atoms with van der Waals surface area (Å²) >= 11 is 12.2. The Morgan fingerprint density at radius 1 is 1.26 bits per heavy atom. The Kier molecular flexibility index (Phi) is 5.75. The first kappa shape index (κ1) is 14.9. The molecule has 1 aliphatic rings. The zero-order valence-corrected chi connectivity index (χ0v) is 12.9. The maximum Gasteiger partial charge on any atom is 0.0454 e. The minimum absolute atomic E-state index is 0.232. The van der Waals surface area contributed by atoms with Crippen LogP contribution in [0, 0.1) is 0 Å². The molecule has 3 heteroatoms. The molecular weight excluding hydrogens is 277 g/mol. The minimum Gasteiger partial charge on any atom is -0.310 e. The van der Waals surface area contributed by atoms with E-state index in [1.54, 1.807) is 5.57 Å². The molecule has 0 aromatic heterocycles. The molecular formula is C16H21Cl2N. The van der Waals surface area contributed by atoms with Gasteiger partial charge in [0.25, 0.3) is 0 Å². The van der Waals surface area contributed by atoms with Crippen molar-refractivity contribution in [3.8, 4) is 0 Å². The van der Waals surface area contributed by atoms with E-state index in [-0.39, 0.29) is 6.04 Å². The van der Waals surface area contributed by atoms with Gasteiger partial charge >= 0.3 is 0 Å². The zero-order valence-electron chi connectivity index (χ0n) is 11.4. The van der Waals surface area contributed by atoms with E-state index in [0.717, 1.165) is 28.6 Å². The second-order valence-corrected chi connectivity index (χ2v) is 6.04. The molecule has 0 spiro atoms. The van der Waals surface area contributed by atoms with Crippen LogP contribution in [0.25, 0.3) is 0 Å². The molecule has 0 heterocycles. The van der Waals surface area contributed by atoms with Crippen molar-refractivity contribution in [3.63, 3.8) is 0 Å². The summed E-state index contributed by atoms with van der Waals surface area (Å²) in [4.78, 5) is 0. The Balaban J connectivity index is 1.85. The lowest BCUT2D eigenvalue weighted by molar-refractivity contribution is 0.562. The van der Waals surface area contributed by atoms with Gasteiger partial charge in [0.1, 0.15) is 0 Å². The number of benzene rings is 1. The van der Waals surface area contributed by atoms with Gasteiger partial charge in [-0.25, -0.2) is 0 Å². The summed E-state index contributed by atoms with van der Waals surface area (Å²) in [6.07, 6.45) is 8.77. The first-order chi connectivity index (χ1) is 9.16. The fourth-order valence-corrected chi connectivity index (χ4v) is 3.00. The number of halogens is 2. The molecule has 104 valence electrons. The lowest BCUT2D eigenvalue weighted by atomic mass is 9.97. The summed E-state index contributed by atoms with van der Waals surface area (Å²) in [5.41, 5.74) is 2.68. The normalized spacial score (nSPS) is 17.1. The molecule has 0 saturated heterocycles. The molecule has 0 bridgehead atoms. The fourth-order valence-electron chi connectivity index (χ4n) is 2.54. The molecule has 0 radical (unpaired) electrons. The fraction of sp³-hybridized carbons (Fsp3) is 0.500. The van der Waals surface area contributed by atoms with E-state index >= 15 is 0 Å². The van der Waals surface area contributed by atoms with E-state index in [4.69, 9.17) is 23.2 Å². The molecule has 1 aromatic carbocycles. The quantitative estimate of drug-likeness (QED) is 0.704. The maximum absolute atomic E-state index is 6.21. The number of nitrogens with one attached hydrogen (secondary N) is 1. The second-order valence-electron chi connectivity index (χ2n) is 5.20. The summed E-state index contributed by atoms with van der Waals surface area (Å²) in [5.74, 6) is 0. The largest absolute Gasteiger partial charge is 0.310 e. The van der Waals surface area contributed by atoms with Gasteiger partial charge in [-0.05, 0) is 69.3 Å². The van der Waals surface area contributed by atoms with Crippen molar-refractivity contribution in [1.82, 2.24) is 5.32 Å². The highest BCUT2D eigenvalue weighted by atomic mass is 35.5. The predicted octanol–water partition coefficient (Wildman–Crippen LogP) is 5.53. The van der Waals surface area contributed by atoms with E-state index in [1.165, 1.54) is 25.7 Å². The van der Waals surface area contributed by atoms with Crippen LogP contribution in [0.5, 0.6) is 0 Å². The van der Waals surface area contributed by atoms with Crippen LogP contribution in [0.15, 0.2) is 29.8 Å². The molecule has 0 fully saturated rings. The van der Waals surface area contributed by atoms with Gasteiger partial charge in [0.05, 0.1) is 0 Å². The van der Waals surface area contributed by atoms with E-state index in [0.29, 0.717) is 0 Å². The molecule has 19 heavy (non-hydrogen) atoms. The van der Waals surface area contributed by atoms with E-state index in [1.807, 2.05) is 18.2 Å². The van der Waals surface area contributed by atoms with Crippen LogP contribution >= 0.6 is 23.2 Å². The molecule has 1 aromatic rings. The molecule has 0 amide bonds. The predicted molar refractivity (Wildman–Crippen MR) is 84.0 cm³/mol. The summed E-state index contributed by atoms with van der Waals surface area (Å²) in [7, 11) is 0. The van der Waals surface area contributed by atoms with Crippen LogP contribution in [0.1, 0.15) is 50.6 Å². The molecule has 1 N–H and O–H groups in total. The van der Waals surface area contributed by atoms with Crippen molar-refractivity contribution in [2.45, 2.75) is 45.1 Å². The average Bonchev–Trinajstić information content (AvgIpc) is 2.42. The third-order valence-corrected chi connectivity index (χ3v) is 4.29. The Morgan fingerprint density at radius 2 is 2.11 bits per heavy atom. The highest BCUT2D eigenvalue weighted by Crippen LogP contribution is 2.26. The van der Waals surface area contributed by atoms with Gasteiger partial charge in [0.15, 0.2) is 0 Å². The van der Waals surface area contributed by atoms with E-state index in [2.05, 4.69) is 18.3 Å². The SMILES string of the molecule is CC(NCCC1=CCCCC1)c1cc(Cl)ccc1Cl. The summed E-state index contributed by atoms with van der Waals surface area (Å²) < 4.78 is 0. The topological polar surface area (TPSA) is 12.0 Å². The van der Waals surface area contributed by atoms with Gasteiger partial charge in [-0.2, -0.15) is 0 Å². The third kappa shape index (κ3) is 4.52. The Hall–Kier alpha value is -0.500. The first-order valence-corrected chi connectivity index (χ1v) is 7.78. The van der Waals surface area contributed by atoms with E-state index in [9.17, 15) is 0 Å². The summed E-state index contributed by atoms with van der Waals surface area (Å²) in [5, 5.41) is 5.05. The summed E-state index contributed by atoms with van der Waals surface area (Å²) in [6.45, 7) is 3.13. The highest BCUT2D eigenvalue weighted by molar-refractivity contribution is 6.33. The van der Waals surface area contributed by atoms with Crippen LogP contribution < -0.4 is 5.32 Å². The van der Waals surface area contributed by atoms with Gasteiger partial charge in [-0.15, -0.1) is 0 Å². The van der Waals surface area contributed by atoms with Crippen LogP contribution in [0.2, 0.25) is 10.0 Å². The lowest BCUT2D eigenvalue weighted by Gasteiger charge is -2.18. The van der Waals surface area contributed by atoms with Gasteiger partial charge in [0.2, 0.25) is 0 Å². The summed E-state index contributed by atoms with van der Waals surface area (Å²) in [6, 6.07) is 5.87. The van der Waals surface area contributed by atoms with Crippen molar-refractivity contribution >= 4 is 23.2 Å². The molecule has 0 saturated carbocycles. The van der Waals surface area contributed by atoms with Gasteiger partial charge in [-0.1, -0.05) is 34.9 Å². The first-order valence-electron chi connectivity index (χ1n) is 7.03. The van der Waals surface area contributed by atoms with Crippen molar-refractivity contribution in [3.05, 3.63) is 45.5 Å². The number of hydrogen-bond acceptors (Lipinski definition) is 1. The van der Waals surface area contributed by atoms with Crippen LogP contribution in [0.3, 0.4) is 0 Å². The monoisotopic (exact) mass is 297 g/mol. The van der Waals surface area contributed by atoms with Crippen molar-refractivity contribution < 1.29 is 0 Å². The molecule has 1 aliphatic carbocycles. The van der Waals surface area contributed by atoms with Crippen LogP contribution in [0.4, 0.5) is 0 Å². The number of hydrogen-bond donors (Lipinski definition) is 1. The molecule has 2 rings (SSSR count). The Morgan fingerprint density at radius 3 is 2.84 bits per heavy atom. The average molecular weight is 298 g/mol. The van der Waals surface area contributed by atoms with Gasteiger partial charge in [-0.3, -0.25) is 0 Å². The Bertz CT molecular complexity index is 454. The van der Waals surface area contributed by atoms with Crippen LogP contribution in [-0.2, 0) is 0 Å². The van der Waals surface area contributed by atoms with E-state index < -0.39 is 0 Å². The molecule has 1 unspecified atom stereocenters. The maximum atomic E-state index is 6.21. The molecule has 0 aliphatic heterocycles. The molecule has 1 nitrogen and oxygen atoms in total. The van der Waals surface area contributed by atoms with Crippen molar-refractivity contribution in [2.75, 3.05) is 6.54 Å². The van der Waals surface area contributed by atoms with Crippen molar-refractivity contribution in [2.24, 2.45) is 0 Å². The van der Waals surface area contributed by atoms with Crippen molar-refractivity contribution in [1.29, 1.82) is 0 Å². The Labute approximate surface area is 126 Å². The smallest absolute Gasteiger partial charge is 0.0454 e. The standard InChI is InChI=1S/C16H21Cl2N/c1-12(15-11-14(17)7-8-16(15)18)19-10-9-13-5-3-2-4-6-13/h5,7-8,11-12,19H,2-4,6,9-10H2,1H3. The number of allylic oxidation sites excluding steroid dienone is 1. The lowest BCUT2D eigenvalue weighted by Crippen LogP contribution is -2.20. The third-order valence-electron chi connectivity index (χ3n) is 3.71.